The third-order valence-corrected chi connectivity index (χ3v) is 11.9. The standard InChI is InChI=1S/C23H45NO4Si/c1-16-20(28-29(8,9)23(5,6)7)15-18-17(13-14-25)11-10-12-19(18)24(16)21(26)27-22(2,3)4/h16-20,25H,10-15H2,1-9H3/t16-,17+,18-,19+,20+/m0/s1. The first-order valence-electron chi connectivity index (χ1n) is 11.5. The molecule has 170 valence electrons. The summed E-state index contributed by atoms with van der Waals surface area (Å²) in [6, 6.07) is 0.178. The molecule has 0 radical (unpaired) electrons. The van der Waals surface area contributed by atoms with Gasteiger partial charge in [-0.3, -0.25) is 4.90 Å². The maximum absolute atomic E-state index is 13.3. The van der Waals surface area contributed by atoms with Crippen LogP contribution >= 0.6 is 0 Å². The van der Waals surface area contributed by atoms with Crippen LogP contribution in [0.25, 0.3) is 0 Å². The molecule has 1 N–H and O–H groups in total. The van der Waals surface area contributed by atoms with Crippen molar-refractivity contribution >= 4 is 14.4 Å². The number of hydrogen-bond donors (Lipinski definition) is 1. The van der Waals surface area contributed by atoms with Gasteiger partial charge in [-0.2, -0.15) is 0 Å². The number of likely N-dealkylation sites (tertiary alicyclic amines) is 1. The molecule has 0 spiro atoms. The van der Waals surface area contributed by atoms with E-state index >= 15 is 0 Å². The summed E-state index contributed by atoms with van der Waals surface area (Å²) in [7, 11) is -1.97. The van der Waals surface area contributed by atoms with Gasteiger partial charge in [-0.1, -0.05) is 27.2 Å². The largest absolute Gasteiger partial charge is 0.444 e. The SMILES string of the molecule is C[C@H]1[C@H](O[Si](C)(C)C(C)(C)C)C[C@H]2[C@@H](CCO)CCC[C@H]2N1C(=O)OC(C)(C)C. The van der Waals surface area contributed by atoms with Crippen molar-refractivity contribution < 1.29 is 19.1 Å². The second-order valence-electron chi connectivity index (χ2n) is 11.7. The lowest BCUT2D eigenvalue weighted by atomic mass is 9.68. The molecular formula is C23H45NO4Si. The highest BCUT2D eigenvalue weighted by molar-refractivity contribution is 6.74. The van der Waals surface area contributed by atoms with Gasteiger partial charge in [0.05, 0.1) is 12.1 Å². The van der Waals surface area contributed by atoms with Gasteiger partial charge < -0.3 is 14.3 Å². The third-order valence-electron chi connectivity index (χ3n) is 7.37. The minimum Gasteiger partial charge on any atom is -0.444 e. The molecule has 0 aromatic carbocycles. The number of carbonyl (C=O) groups excluding carboxylic acids is 1. The van der Waals surface area contributed by atoms with Gasteiger partial charge in [0.1, 0.15) is 5.60 Å². The molecule has 1 heterocycles. The molecule has 0 aromatic heterocycles. The van der Waals surface area contributed by atoms with Gasteiger partial charge in [0.2, 0.25) is 0 Å². The second-order valence-corrected chi connectivity index (χ2v) is 16.5. The first-order valence-corrected chi connectivity index (χ1v) is 14.4. The summed E-state index contributed by atoms with van der Waals surface area (Å²) in [4.78, 5) is 15.3. The normalized spacial score (nSPS) is 31.4. The minimum atomic E-state index is -1.97. The summed E-state index contributed by atoms with van der Waals surface area (Å²) in [5.41, 5.74) is -0.515. The Balaban J connectivity index is 2.35. The lowest BCUT2D eigenvalue weighted by molar-refractivity contribution is -0.0789. The van der Waals surface area contributed by atoms with E-state index in [2.05, 4.69) is 40.8 Å². The third kappa shape index (κ3) is 5.76. The van der Waals surface area contributed by atoms with Gasteiger partial charge in [-0.05, 0) is 83.3 Å². The van der Waals surface area contributed by atoms with Crippen molar-refractivity contribution in [3.63, 3.8) is 0 Å². The predicted molar refractivity (Wildman–Crippen MR) is 121 cm³/mol. The number of hydrogen-bond acceptors (Lipinski definition) is 4. The lowest BCUT2D eigenvalue weighted by Gasteiger charge is -2.54. The maximum atomic E-state index is 13.3. The number of carbonyl (C=O) groups is 1. The van der Waals surface area contributed by atoms with Crippen molar-refractivity contribution in [2.45, 2.75) is 122 Å². The van der Waals surface area contributed by atoms with Crippen molar-refractivity contribution in [2.75, 3.05) is 6.61 Å². The molecule has 1 amide bonds. The summed E-state index contributed by atoms with van der Waals surface area (Å²) in [6.07, 6.45) is 4.84. The zero-order chi connectivity index (χ0) is 22.2. The Kier molecular flexibility index (Phi) is 7.55. The van der Waals surface area contributed by atoms with Crippen LogP contribution in [0.2, 0.25) is 18.1 Å². The molecule has 2 aliphatic rings. The van der Waals surface area contributed by atoms with E-state index in [9.17, 15) is 9.90 Å². The van der Waals surface area contributed by atoms with Crippen LogP contribution in [0.1, 0.15) is 80.6 Å². The fraction of sp³-hybridized carbons (Fsp3) is 0.957. The Hall–Kier alpha value is -0.593. The summed E-state index contributed by atoms with van der Waals surface area (Å²) in [6.45, 7) is 19.5. The highest BCUT2D eigenvalue weighted by Crippen LogP contribution is 2.46. The van der Waals surface area contributed by atoms with E-state index in [0.717, 1.165) is 32.1 Å². The van der Waals surface area contributed by atoms with Gasteiger partial charge in [-0.15, -0.1) is 0 Å². The van der Waals surface area contributed by atoms with Gasteiger partial charge in [0.25, 0.3) is 0 Å². The number of rotatable bonds is 4. The summed E-state index contributed by atoms with van der Waals surface area (Å²) in [5.74, 6) is 0.816. The van der Waals surface area contributed by atoms with Crippen LogP contribution in [0, 0.1) is 11.8 Å². The molecule has 1 aliphatic heterocycles. The van der Waals surface area contributed by atoms with Crippen molar-refractivity contribution in [3.05, 3.63) is 0 Å². The summed E-state index contributed by atoms with van der Waals surface area (Å²) in [5, 5.41) is 9.74. The van der Waals surface area contributed by atoms with Gasteiger partial charge in [0, 0.05) is 12.6 Å². The molecule has 2 rings (SSSR count). The van der Waals surface area contributed by atoms with Gasteiger partial charge >= 0.3 is 6.09 Å². The smallest absolute Gasteiger partial charge is 0.410 e. The van der Waals surface area contributed by atoms with E-state index in [4.69, 9.17) is 9.16 Å². The lowest BCUT2D eigenvalue weighted by Crippen LogP contribution is -2.63. The molecule has 5 atom stereocenters. The number of amides is 1. The van der Waals surface area contributed by atoms with Crippen molar-refractivity contribution in [1.82, 2.24) is 4.90 Å². The number of aliphatic hydroxyl groups excluding tert-OH is 1. The summed E-state index contributed by atoms with van der Waals surface area (Å²) < 4.78 is 12.7. The minimum absolute atomic E-state index is 0.00639. The topological polar surface area (TPSA) is 59.0 Å². The fourth-order valence-electron chi connectivity index (χ4n) is 4.82. The maximum Gasteiger partial charge on any atom is 0.410 e. The van der Waals surface area contributed by atoms with Crippen molar-refractivity contribution in [1.29, 1.82) is 0 Å². The molecule has 1 aliphatic carbocycles. The molecule has 1 saturated carbocycles. The first-order chi connectivity index (χ1) is 13.2. The average Bonchev–Trinajstić information content (AvgIpc) is 2.53. The van der Waals surface area contributed by atoms with Gasteiger partial charge in [-0.25, -0.2) is 4.79 Å². The number of ether oxygens (including phenoxy) is 1. The number of nitrogens with zero attached hydrogens (tertiary/aromatic N) is 1. The molecule has 5 nitrogen and oxygen atoms in total. The fourth-order valence-corrected chi connectivity index (χ4v) is 6.22. The average molecular weight is 428 g/mol. The molecule has 1 saturated heterocycles. The highest BCUT2D eigenvalue weighted by Gasteiger charge is 2.51. The highest BCUT2D eigenvalue weighted by atomic mass is 28.4. The zero-order valence-corrected chi connectivity index (χ0v) is 21.2. The molecule has 29 heavy (non-hydrogen) atoms. The van der Waals surface area contributed by atoms with Crippen LogP contribution in [0.15, 0.2) is 0 Å². The van der Waals surface area contributed by atoms with Crippen LogP contribution < -0.4 is 0 Å². The van der Waals surface area contributed by atoms with Crippen molar-refractivity contribution in [3.8, 4) is 0 Å². The zero-order valence-electron chi connectivity index (χ0n) is 20.2. The Morgan fingerprint density at radius 2 is 1.76 bits per heavy atom. The van der Waals surface area contributed by atoms with Crippen molar-refractivity contribution in [2.24, 2.45) is 11.8 Å². The van der Waals surface area contributed by atoms with Crippen LogP contribution in [0.4, 0.5) is 4.79 Å². The van der Waals surface area contributed by atoms with E-state index in [1.165, 1.54) is 0 Å². The molecule has 0 bridgehead atoms. The molecule has 0 aromatic rings. The van der Waals surface area contributed by atoms with Crippen LogP contribution in [0.3, 0.4) is 0 Å². The van der Waals surface area contributed by atoms with Crippen LogP contribution in [0.5, 0.6) is 0 Å². The Bertz CT molecular complexity index is 564. The van der Waals surface area contributed by atoms with Crippen LogP contribution in [-0.2, 0) is 9.16 Å². The number of aliphatic hydroxyl groups is 1. The molecule has 2 fully saturated rings. The van der Waals surface area contributed by atoms with E-state index in [1.807, 2.05) is 25.7 Å². The van der Waals surface area contributed by atoms with E-state index < -0.39 is 13.9 Å². The molecule has 0 unspecified atom stereocenters. The number of piperidine rings is 1. The van der Waals surface area contributed by atoms with Crippen LogP contribution in [-0.4, -0.2) is 54.8 Å². The second kappa shape index (κ2) is 8.87. The van der Waals surface area contributed by atoms with Gasteiger partial charge in [0.15, 0.2) is 8.32 Å². The Labute approximate surface area is 179 Å². The Morgan fingerprint density at radius 3 is 2.28 bits per heavy atom. The molecule has 6 heteroatoms. The number of fused-ring (bicyclic) bond motifs is 1. The van der Waals surface area contributed by atoms with E-state index in [0.29, 0.717) is 11.8 Å². The Morgan fingerprint density at radius 1 is 1.14 bits per heavy atom. The van der Waals surface area contributed by atoms with E-state index in [-0.39, 0.29) is 35.9 Å². The first kappa shape index (κ1) is 24.7. The summed E-state index contributed by atoms with van der Waals surface area (Å²) >= 11 is 0. The molecular weight excluding hydrogens is 382 g/mol. The van der Waals surface area contributed by atoms with E-state index in [1.54, 1.807) is 0 Å². The monoisotopic (exact) mass is 427 g/mol. The quantitative estimate of drug-likeness (QED) is 0.596. The predicted octanol–water partition coefficient (Wildman–Crippen LogP) is 5.57.